The fourth-order valence-corrected chi connectivity index (χ4v) is 3.83. The Bertz CT molecular complexity index is 1100. The molecule has 136 valence electrons. The quantitative estimate of drug-likeness (QED) is 0.592. The Morgan fingerprint density at radius 3 is 2.96 bits per heavy atom. The van der Waals surface area contributed by atoms with Gasteiger partial charge in [0.05, 0.1) is 28.0 Å². The molecule has 1 atom stereocenters. The number of nitrogens with zero attached hydrogens (tertiary/aromatic N) is 3. The highest BCUT2D eigenvalue weighted by atomic mass is 35.5. The first-order chi connectivity index (χ1) is 12.4. The third-order valence-corrected chi connectivity index (χ3v) is 5.51. The Morgan fingerprint density at radius 1 is 1.50 bits per heavy atom. The molecule has 8 nitrogen and oxygen atoms in total. The van der Waals surface area contributed by atoms with E-state index in [1.807, 2.05) is 13.0 Å². The molecule has 0 fully saturated rings. The van der Waals surface area contributed by atoms with Crippen LogP contribution in [0.1, 0.15) is 12.5 Å². The highest BCUT2D eigenvalue weighted by Gasteiger charge is 2.20. The van der Waals surface area contributed by atoms with E-state index < -0.39 is 10.0 Å². The minimum Gasteiger partial charge on any atom is -0.396 e. The average molecular weight is 394 g/mol. The summed E-state index contributed by atoms with van der Waals surface area (Å²) in [4.78, 5) is 2.88. The number of aliphatic hydroxyl groups is 1. The normalized spacial score (nSPS) is 12.8. The zero-order valence-electron chi connectivity index (χ0n) is 13.8. The van der Waals surface area contributed by atoms with Gasteiger partial charge in [0, 0.05) is 30.9 Å². The van der Waals surface area contributed by atoms with Crippen molar-refractivity contribution in [1.29, 1.82) is 5.26 Å². The number of aliphatic hydroxyl groups excluding tert-OH is 1. The predicted molar refractivity (Wildman–Crippen MR) is 97.3 cm³/mol. The van der Waals surface area contributed by atoms with Gasteiger partial charge in [-0.3, -0.25) is 9.40 Å². The Labute approximate surface area is 155 Å². The lowest BCUT2D eigenvalue weighted by molar-refractivity contribution is 0.219. The lowest BCUT2D eigenvalue weighted by Crippen LogP contribution is -2.13. The molecule has 0 bridgehead atoms. The molecule has 0 aliphatic heterocycles. The van der Waals surface area contributed by atoms with E-state index in [1.54, 1.807) is 0 Å². The van der Waals surface area contributed by atoms with Gasteiger partial charge in [-0.15, -0.1) is 0 Å². The van der Waals surface area contributed by atoms with Gasteiger partial charge in [0.15, 0.2) is 0 Å². The number of sulfonamides is 1. The first-order valence-corrected chi connectivity index (χ1v) is 9.57. The second-order valence-electron chi connectivity index (χ2n) is 5.95. The van der Waals surface area contributed by atoms with Crippen LogP contribution in [0.25, 0.3) is 10.9 Å². The van der Waals surface area contributed by atoms with E-state index >= 15 is 0 Å². The molecule has 0 spiro atoms. The lowest BCUT2D eigenvalue weighted by atomic mass is 10.1. The average Bonchev–Trinajstić information content (AvgIpc) is 3.24. The molecular weight excluding hydrogens is 378 g/mol. The monoisotopic (exact) mass is 393 g/mol. The number of nitrogens with one attached hydrogen (secondary N) is 2. The van der Waals surface area contributed by atoms with Gasteiger partial charge < -0.3 is 10.1 Å². The zero-order chi connectivity index (χ0) is 18.9. The summed E-state index contributed by atoms with van der Waals surface area (Å²) in [6.07, 6.45) is 4.12. The third-order valence-electron chi connectivity index (χ3n) is 3.88. The van der Waals surface area contributed by atoms with Gasteiger partial charge in [0.1, 0.15) is 11.0 Å². The van der Waals surface area contributed by atoms with Gasteiger partial charge in [-0.1, -0.05) is 18.5 Å². The molecule has 0 radical (unpaired) electrons. The summed E-state index contributed by atoms with van der Waals surface area (Å²) in [7, 11) is -3.88. The Morgan fingerprint density at radius 2 is 2.27 bits per heavy atom. The number of H-pyrrole nitrogens is 1. The smallest absolute Gasteiger partial charge is 0.265 e. The number of aromatic amines is 1. The van der Waals surface area contributed by atoms with Crippen molar-refractivity contribution in [3.63, 3.8) is 0 Å². The van der Waals surface area contributed by atoms with E-state index in [0.717, 1.165) is 0 Å². The minimum atomic E-state index is -3.88. The summed E-state index contributed by atoms with van der Waals surface area (Å²) in [6.45, 7) is 2.22. The number of rotatable bonds is 6. The molecule has 1 aromatic carbocycles. The van der Waals surface area contributed by atoms with Crippen LogP contribution in [0.15, 0.2) is 35.6 Å². The molecule has 0 unspecified atom stereocenters. The van der Waals surface area contributed by atoms with Crippen molar-refractivity contribution in [3.8, 4) is 6.07 Å². The van der Waals surface area contributed by atoms with Gasteiger partial charge in [-0.05, 0) is 18.1 Å². The lowest BCUT2D eigenvalue weighted by Gasteiger charge is -2.09. The van der Waals surface area contributed by atoms with Gasteiger partial charge >= 0.3 is 0 Å². The SMILES string of the molecule is C[C@@H](CO)Cn1cc(S(=O)(=O)Nc2ccc(Cl)c3c(C#N)c[nH]c23)cn1. The Balaban J connectivity index is 1.94. The molecule has 0 amide bonds. The van der Waals surface area contributed by atoms with Crippen molar-refractivity contribution in [3.05, 3.63) is 41.3 Å². The van der Waals surface area contributed by atoms with Crippen molar-refractivity contribution in [2.45, 2.75) is 18.4 Å². The Hall–Kier alpha value is -2.54. The van der Waals surface area contributed by atoms with Crippen LogP contribution in [0.4, 0.5) is 5.69 Å². The number of halogens is 1. The summed E-state index contributed by atoms with van der Waals surface area (Å²) >= 11 is 6.13. The second kappa shape index (κ2) is 6.99. The molecule has 3 N–H and O–H groups in total. The first-order valence-electron chi connectivity index (χ1n) is 7.71. The largest absolute Gasteiger partial charge is 0.396 e. The standard InChI is InChI=1S/C16H16ClN5O3S/c1-10(9-23)7-22-8-12(6-20-22)26(24,25)21-14-3-2-13(17)15-11(4-18)5-19-16(14)15/h2-3,5-6,8,10,19,21,23H,7,9H2,1H3/t10-/m1/s1. The molecule has 0 aliphatic rings. The van der Waals surface area contributed by atoms with Crippen LogP contribution in [-0.4, -0.2) is 34.9 Å². The Kier molecular flexibility index (Phi) is 4.91. The van der Waals surface area contributed by atoms with Crippen LogP contribution in [0.5, 0.6) is 0 Å². The molecule has 0 saturated carbocycles. The number of hydrogen-bond donors (Lipinski definition) is 3. The summed E-state index contributed by atoms with van der Waals surface area (Å²) in [5.74, 6) is -0.0439. The molecule has 3 rings (SSSR count). The van der Waals surface area contributed by atoms with E-state index in [1.165, 1.54) is 35.4 Å². The number of aromatic nitrogens is 3. The molecule has 2 aromatic heterocycles. The van der Waals surface area contributed by atoms with Crippen molar-refractivity contribution >= 4 is 38.2 Å². The van der Waals surface area contributed by atoms with Crippen LogP contribution in [0.2, 0.25) is 5.02 Å². The van der Waals surface area contributed by atoms with Crippen LogP contribution in [0, 0.1) is 17.2 Å². The van der Waals surface area contributed by atoms with E-state index in [2.05, 4.69) is 14.8 Å². The summed E-state index contributed by atoms with van der Waals surface area (Å²) in [5.41, 5.74) is 1.04. The third kappa shape index (κ3) is 3.39. The van der Waals surface area contributed by atoms with Crippen molar-refractivity contribution < 1.29 is 13.5 Å². The summed E-state index contributed by atoms with van der Waals surface area (Å²) in [5, 5.41) is 23.1. The van der Waals surface area contributed by atoms with Crippen LogP contribution in [0.3, 0.4) is 0 Å². The van der Waals surface area contributed by atoms with E-state index in [4.69, 9.17) is 22.0 Å². The number of anilines is 1. The highest BCUT2D eigenvalue weighted by Crippen LogP contribution is 2.32. The molecule has 0 saturated heterocycles. The van der Waals surface area contributed by atoms with Gasteiger partial charge in [0.2, 0.25) is 0 Å². The molecular formula is C16H16ClN5O3S. The zero-order valence-corrected chi connectivity index (χ0v) is 15.3. The van der Waals surface area contributed by atoms with Crippen LogP contribution in [-0.2, 0) is 16.6 Å². The van der Waals surface area contributed by atoms with Gasteiger partial charge in [0.25, 0.3) is 10.0 Å². The maximum atomic E-state index is 12.6. The van der Waals surface area contributed by atoms with E-state index in [-0.39, 0.29) is 23.1 Å². The minimum absolute atomic E-state index is 0.00203. The number of fused-ring (bicyclic) bond motifs is 1. The molecule has 2 heterocycles. The topological polar surface area (TPSA) is 124 Å². The maximum Gasteiger partial charge on any atom is 0.265 e. The summed E-state index contributed by atoms with van der Waals surface area (Å²) in [6, 6.07) is 5.07. The van der Waals surface area contributed by atoms with Crippen LogP contribution < -0.4 is 4.72 Å². The molecule has 10 heteroatoms. The van der Waals surface area contributed by atoms with E-state index in [0.29, 0.717) is 28.0 Å². The number of nitriles is 1. The van der Waals surface area contributed by atoms with Crippen LogP contribution >= 0.6 is 11.6 Å². The molecule has 0 aliphatic carbocycles. The summed E-state index contributed by atoms with van der Waals surface area (Å²) < 4.78 is 29.3. The fourth-order valence-electron chi connectivity index (χ4n) is 2.54. The predicted octanol–water partition coefficient (Wildman–Crippen LogP) is 2.32. The fraction of sp³-hybridized carbons (Fsp3) is 0.250. The van der Waals surface area contributed by atoms with Crippen molar-refractivity contribution in [1.82, 2.24) is 14.8 Å². The van der Waals surface area contributed by atoms with Gasteiger partial charge in [-0.25, -0.2) is 8.42 Å². The molecule has 26 heavy (non-hydrogen) atoms. The van der Waals surface area contributed by atoms with Crippen molar-refractivity contribution in [2.75, 3.05) is 11.3 Å². The van der Waals surface area contributed by atoms with E-state index in [9.17, 15) is 8.42 Å². The van der Waals surface area contributed by atoms with Gasteiger partial charge in [-0.2, -0.15) is 10.4 Å². The first kappa shape index (κ1) is 18.3. The second-order valence-corrected chi connectivity index (χ2v) is 8.04. The number of benzene rings is 1. The maximum absolute atomic E-state index is 12.6. The van der Waals surface area contributed by atoms with Crippen molar-refractivity contribution in [2.24, 2.45) is 5.92 Å². The number of hydrogen-bond acceptors (Lipinski definition) is 5. The molecule has 3 aromatic rings. The highest BCUT2D eigenvalue weighted by molar-refractivity contribution is 7.92.